The number of benzene rings is 2. The van der Waals surface area contributed by atoms with E-state index in [0.29, 0.717) is 10.0 Å². The molecule has 0 saturated heterocycles. The predicted molar refractivity (Wildman–Crippen MR) is 82.1 cm³/mol. The highest BCUT2D eigenvalue weighted by molar-refractivity contribution is 6.32. The molecular formula is C16H12Cl2O. The highest BCUT2D eigenvalue weighted by Gasteiger charge is 1.93. The normalized spacial score (nSPS) is 11.3. The number of hydrogen-bond acceptors (Lipinski definition) is 1. The van der Waals surface area contributed by atoms with E-state index in [9.17, 15) is 0 Å². The molecule has 2 aromatic rings. The summed E-state index contributed by atoms with van der Waals surface area (Å²) in [5, 5.41) is 1.38. The van der Waals surface area contributed by atoms with Gasteiger partial charge in [0.25, 0.3) is 0 Å². The predicted octanol–water partition coefficient (Wildman–Crippen LogP) is 5.65. The van der Waals surface area contributed by atoms with Crippen molar-refractivity contribution in [3.05, 3.63) is 82.2 Å². The van der Waals surface area contributed by atoms with E-state index >= 15 is 0 Å². The van der Waals surface area contributed by atoms with Gasteiger partial charge in [-0.2, -0.15) is 0 Å². The van der Waals surface area contributed by atoms with Crippen molar-refractivity contribution in [2.24, 2.45) is 0 Å². The van der Waals surface area contributed by atoms with Gasteiger partial charge in [-0.05, 0) is 35.4 Å². The van der Waals surface area contributed by atoms with E-state index in [1.807, 2.05) is 48.5 Å². The molecule has 1 nitrogen and oxygen atoms in total. The number of ether oxygens (including phenoxy) is 1. The molecule has 96 valence electrons. The maximum atomic E-state index is 6.01. The lowest BCUT2D eigenvalue weighted by atomic mass is 10.2. The van der Waals surface area contributed by atoms with Crippen LogP contribution in [0.3, 0.4) is 0 Å². The van der Waals surface area contributed by atoms with Gasteiger partial charge in [-0.3, -0.25) is 0 Å². The summed E-state index contributed by atoms with van der Waals surface area (Å²) in [6.07, 6.45) is 6.77. The molecule has 0 aliphatic rings. The summed E-state index contributed by atoms with van der Waals surface area (Å²) in [5.74, 6) is 0. The first-order valence-electron chi connectivity index (χ1n) is 5.75. The average Bonchev–Trinajstić information content (AvgIpc) is 2.42. The first-order valence-corrected chi connectivity index (χ1v) is 6.50. The monoisotopic (exact) mass is 290 g/mol. The molecule has 0 aromatic heterocycles. The molecule has 0 amide bonds. The minimum absolute atomic E-state index is 0.692. The summed E-state index contributed by atoms with van der Waals surface area (Å²) in [7, 11) is 0. The molecule has 0 heterocycles. The summed E-state index contributed by atoms with van der Waals surface area (Å²) in [5.41, 5.74) is 1.82. The first-order chi connectivity index (χ1) is 9.27. The second-order valence-electron chi connectivity index (χ2n) is 3.78. The van der Waals surface area contributed by atoms with Crippen molar-refractivity contribution in [3.8, 4) is 0 Å². The van der Waals surface area contributed by atoms with Crippen LogP contribution in [0.4, 0.5) is 0 Å². The molecule has 0 fully saturated rings. The lowest BCUT2D eigenvalue weighted by molar-refractivity contribution is 0.410. The van der Waals surface area contributed by atoms with Gasteiger partial charge >= 0.3 is 0 Å². The fourth-order valence-electron chi connectivity index (χ4n) is 1.49. The molecule has 0 N–H and O–H groups in total. The fraction of sp³-hybridized carbons (Fsp3) is 0. The van der Waals surface area contributed by atoms with Crippen LogP contribution in [-0.4, -0.2) is 0 Å². The Morgan fingerprint density at radius 3 is 1.53 bits per heavy atom. The standard InChI is InChI=1S/C16H12Cl2O/c17-15-7-3-1-5-13(15)9-11-19-12-10-14-6-2-4-8-16(14)18/h1-12H. The second kappa shape index (κ2) is 7.03. The molecule has 0 aliphatic carbocycles. The molecule has 2 aromatic carbocycles. The van der Waals surface area contributed by atoms with Crippen molar-refractivity contribution in [1.82, 2.24) is 0 Å². The minimum atomic E-state index is 0.692. The summed E-state index contributed by atoms with van der Waals surface area (Å²) in [4.78, 5) is 0. The molecule has 0 radical (unpaired) electrons. The van der Waals surface area contributed by atoms with Crippen LogP contribution in [0, 0.1) is 0 Å². The molecule has 0 atom stereocenters. The van der Waals surface area contributed by atoms with Crippen LogP contribution in [0.15, 0.2) is 61.1 Å². The lowest BCUT2D eigenvalue weighted by Crippen LogP contribution is -1.75. The topological polar surface area (TPSA) is 9.23 Å². The Labute approximate surface area is 122 Å². The van der Waals surface area contributed by atoms with Crippen LogP contribution in [0.25, 0.3) is 12.2 Å². The quantitative estimate of drug-likeness (QED) is 0.661. The summed E-state index contributed by atoms with van der Waals surface area (Å²) >= 11 is 12.0. The van der Waals surface area contributed by atoms with Crippen LogP contribution in [0.5, 0.6) is 0 Å². The molecule has 0 bridgehead atoms. The smallest absolute Gasteiger partial charge is 0.0907 e. The number of rotatable bonds is 4. The van der Waals surface area contributed by atoms with Crippen LogP contribution in [-0.2, 0) is 4.74 Å². The molecule has 19 heavy (non-hydrogen) atoms. The van der Waals surface area contributed by atoms with Crippen molar-refractivity contribution in [3.63, 3.8) is 0 Å². The average molecular weight is 291 g/mol. The van der Waals surface area contributed by atoms with Gasteiger partial charge < -0.3 is 4.74 Å². The minimum Gasteiger partial charge on any atom is -0.473 e. The second-order valence-corrected chi connectivity index (χ2v) is 4.60. The highest BCUT2D eigenvalue weighted by Crippen LogP contribution is 2.17. The molecule has 3 heteroatoms. The van der Waals surface area contributed by atoms with Gasteiger partial charge in [-0.1, -0.05) is 59.6 Å². The van der Waals surface area contributed by atoms with E-state index < -0.39 is 0 Å². The Hall–Kier alpha value is -1.70. The Bertz CT molecular complexity index is 550. The Kier molecular flexibility index (Phi) is 5.08. The maximum Gasteiger partial charge on any atom is 0.0907 e. The van der Waals surface area contributed by atoms with E-state index in [4.69, 9.17) is 27.9 Å². The Morgan fingerprint density at radius 2 is 1.11 bits per heavy atom. The number of hydrogen-bond donors (Lipinski definition) is 0. The SMILES string of the molecule is Clc1ccccc1C=COC=Cc1ccccc1Cl. The molecule has 0 aliphatic heterocycles. The first kappa shape index (κ1) is 13.7. The third-order valence-electron chi connectivity index (χ3n) is 2.46. The van der Waals surface area contributed by atoms with Crippen molar-refractivity contribution in [2.45, 2.75) is 0 Å². The van der Waals surface area contributed by atoms with Gasteiger partial charge in [-0.25, -0.2) is 0 Å². The molecule has 0 saturated carbocycles. The zero-order valence-corrected chi connectivity index (χ0v) is 11.6. The van der Waals surface area contributed by atoms with Crippen molar-refractivity contribution < 1.29 is 4.74 Å². The summed E-state index contributed by atoms with van der Waals surface area (Å²) in [6.45, 7) is 0. The third kappa shape index (κ3) is 4.16. The largest absolute Gasteiger partial charge is 0.473 e. The highest BCUT2D eigenvalue weighted by atomic mass is 35.5. The molecular weight excluding hydrogens is 279 g/mol. The van der Waals surface area contributed by atoms with Crippen LogP contribution < -0.4 is 0 Å². The van der Waals surface area contributed by atoms with Crippen molar-refractivity contribution in [1.29, 1.82) is 0 Å². The van der Waals surface area contributed by atoms with E-state index in [-0.39, 0.29) is 0 Å². The van der Waals surface area contributed by atoms with Gasteiger partial charge in [0.1, 0.15) is 0 Å². The zero-order chi connectivity index (χ0) is 13.5. The van der Waals surface area contributed by atoms with E-state index in [1.54, 1.807) is 24.7 Å². The molecule has 0 spiro atoms. The summed E-state index contributed by atoms with van der Waals surface area (Å²) < 4.78 is 5.27. The van der Waals surface area contributed by atoms with E-state index in [1.165, 1.54) is 0 Å². The van der Waals surface area contributed by atoms with Gasteiger partial charge in [-0.15, -0.1) is 0 Å². The Balaban J connectivity index is 1.94. The van der Waals surface area contributed by atoms with Crippen LogP contribution in [0.2, 0.25) is 10.0 Å². The molecule has 2 rings (SSSR count). The van der Waals surface area contributed by atoms with Gasteiger partial charge in [0.05, 0.1) is 12.5 Å². The van der Waals surface area contributed by atoms with E-state index in [2.05, 4.69) is 0 Å². The third-order valence-corrected chi connectivity index (χ3v) is 3.15. The Morgan fingerprint density at radius 1 is 0.684 bits per heavy atom. The van der Waals surface area contributed by atoms with Gasteiger partial charge in [0.15, 0.2) is 0 Å². The summed E-state index contributed by atoms with van der Waals surface area (Å²) in [6, 6.07) is 15.1. The zero-order valence-electron chi connectivity index (χ0n) is 10.1. The fourth-order valence-corrected chi connectivity index (χ4v) is 1.89. The van der Waals surface area contributed by atoms with Gasteiger partial charge in [0.2, 0.25) is 0 Å². The van der Waals surface area contributed by atoms with Crippen molar-refractivity contribution >= 4 is 35.4 Å². The van der Waals surface area contributed by atoms with Crippen LogP contribution in [0.1, 0.15) is 11.1 Å². The lowest BCUT2D eigenvalue weighted by Gasteiger charge is -1.97. The maximum absolute atomic E-state index is 6.01. The van der Waals surface area contributed by atoms with Crippen LogP contribution >= 0.6 is 23.2 Å². The van der Waals surface area contributed by atoms with E-state index in [0.717, 1.165) is 11.1 Å². The number of halogens is 2. The van der Waals surface area contributed by atoms with Gasteiger partial charge in [0, 0.05) is 10.0 Å². The molecule has 0 unspecified atom stereocenters. The van der Waals surface area contributed by atoms with Crippen molar-refractivity contribution in [2.75, 3.05) is 0 Å².